The summed E-state index contributed by atoms with van der Waals surface area (Å²) in [4.78, 5) is 22.2. The molecule has 1 aliphatic heterocycles. The van der Waals surface area contributed by atoms with E-state index in [1.165, 1.54) is 0 Å². The minimum atomic E-state index is -2.45. The maximum absolute atomic E-state index is 11.4. The molecule has 5 atom stereocenters. The second kappa shape index (κ2) is 5.29. The molecule has 1 saturated heterocycles. The summed E-state index contributed by atoms with van der Waals surface area (Å²) < 4.78 is 9.39. The lowest BCUT2D eigenvalue weighted by molar-refractivity contribution is -0.312. The van der Waals surface area contributed by atoms with Gasteiger partial charge < -0.3 is 29.9 Å². The number of rotatable bonds is 3. The molecule has 1 rings (SSSR count). The summed E-state index contributed by atoms with van der Waals surface area (Å²) in [5.74, 6) is -1.70. The van der Waals surface area contributed by atoms with E-state index >= 15 is 0 Å². The van der Waals surface area contributed by atoms with Gasteiger partial charge in [0, 0.05) is 6.92 Å². The quantitative estimate of drug-likeness (QED) is 0.405. The fourth-order valence-corrected chi connectivity index (χ4v) is 1.88. The van der Waals surface area contributed by atoms with E-state index in [1.807, 2.05) is 0 Å². The van der Waals surface area contributed by atoms with Crippen LogP contribution in [0, 0.1) is 0 Å². The Labute approximate surface area is 103 Å². The lowest BCUT2D eigenvalue weighted by atomic mass is 9.81. The van der Waals surface area contributed by atoms with E-state index in [1.54, 1.807) is 0 Å². The van der Waals surface area contributed by atoms with Crippen LogP contribution in [-0.4, -0.2) is 69.0 Å². The summed E-state index contributed by atoms with van der Waals surface area (Å²) in [5, 5.41) is 38.5. The average molecular weight is 264 g/mol. The fraction of sp³-hybridized carbons (Fsp3) is 0.800. The Kier molecular flexibility index (Phi) is 4.41. The zero-order valence-electron chi connectivity index (χ0n) is 9.94. The molecule has 0 bridgehead atoms. The molecule has 8 heteroatoms. The first-order valence-electron chi connectivity index (χ1n) is 5.28. The van der Waals surface area contributed by atoms with Crippen molar-refractivity contribution in [3.05, 3.63) is 0 Å². The van der Waals surface area contributed by atoms with Gasteiger partial charge >= 0.3 is 5.97 Å². The summed E-state index contributed by atoms with van der Waals surface area (Å²) in [6.45, 7) is 1.22. The summed E-state index contributed by atoms with van der Waals surface area (Å²) in [6, 6.07) is 0. The van der Waals surface area contributed by atoms with Crippen LogP contribution in [0.3, 0.4) is 0 Å². The van der Waals surface area contributed by atoms with Crippen molar-refractivity contribution in [1.82, 2.24) is 0 Å². The smallest absolute Gasteiger partial charge is 0.303 e. The molecule has 18 heavy (non-hydrogen) atoms. The monoisotopic (exact) mass is 264 g/mol. The van der Waals surface area contributed by atoms with Crippen molar-refractivity contribution in [2.45, 2.75) is 44.1 Å². The van der Waals surface area contributed by atoms with Crippen LogP contribution < -0.4 is 0 Å². The lowest BCUT2D eigenvalue weighted by Crippen LogP contribution is -2.70. The Morgan fingerprint density at radius 2 is 1.89 bits per heavy atom. The zero-order chi connectivity index (χ0) is 14.1. The lowest BCUT2D eigenvalue weighted by Gasteiger charge is -2.45. The van der Waals surface area contributed by atoms with Gasteiger partial charge in [0.05, 0.1) is 6.61 Å². The number of Topliss-reactive ketones (excluding diaryl/α,β-unsaturated/α-hetero) is 1. The van der Waals surface area contributed by atoms with Crippen LogP contribution in [-0.2, 0) is 19.1 Å². The first-order chi connectivity index (χ1) is 8.25. The van der Waals surface area contributed by atoms with Crippen LogP contribution in [0.5, 0.6) is 0 Å². The van der Waals surface area contributed by atoms with E-state index in [2.05, 4.69) is 4.74 Å². The Morgan fingerprint density at radius 3 is 2.28 bits per heavy atom. The van der Waals surface area contributed by atoms with Gasteiger partial charge in [-0.3, -0.25) is 9.59 Å². The molecule has 4 N–H and O–H groups in total. The van der Waals surface area contributed by atoms with Gasteiger partial charge in [0.15, 0.2) is 23.8 Å². The van der Waals surface area contributed by atoms with Crippen molar-refractivity contribution in [1.29, 1.82) is 0 Å². The first kappa shape index (κ1) is 15.0. The highest BCUT2D eigenvalue weighted by Crippen LogP contribution is 2.31. The van der Waals surface area contributed by atoms with E-state index in [9.17, 15) is 24.9 Å². The van der Waals surface area contributed by atoms with Crippen LogP contribution in [0.4, 0.5) is 0 Å². The molecule has 0 amide bonds. The number of carbonyl (C=O) groups excluding carboxylic acids is 2. The number of ketones is 1. The van der Waals surface area contributed by atoms with E-state index in [-0.39, 0.29) is 0 Å². The Bertz CT molecular complexity index is 343. The molecule has 0 aromatic heterocycles. The molecule has 8 nitrogen and oxygen atoms in total. The molecule has 0 aromatic carbocycles. The molecule has 1 heterocycles. The molecular weight excluding hydrogens is 248 g/mol. The van der Waals surface area contributed by atoms with Gasteiger partial charge in [-0.05, 0) is 6.92 Å². The first-order valence-corrected chi connectivity index (χ1v) is 5.28. The Balaban J connectivity index is 3.07. The van der Waals surface area contributed by atoms with E-state index in [0.717, 1.165) is 13.8 Å². The number of hydrogen-bond acceptors (Lipinski definition) is 8. The molecule has 0 aliphatic carbocycles. The van der Waals surface area contributed by atoms with Gasteiger partial charge in [-0.1, -0.05) is 0 Å². The molecule has 1 unspecified atom stereocenters. The summed E-state index contributed by atoms with van der Waals surface area (Å²) >= 11 is 0. The fourth-order valence-electron chi connectivity index (χ4n) is 1.88. The van der Waals surface area contributed by atoms with E-state index < -0.39 is 48.6 Å². The summed E-state index contributed by atoms with van der Waals surface area (Å²) in [6.07, 6.45) is -6.77. The van der Waals surface area contributed by atoms with Crippen molar-refractivity contribution in [2.75, 3.05) is 6.61 Å². The Hall–Kier alpha value is -1.06. The maximum atomic E-state index is 11.4. The predicted octanol–water partition coefficient (Wildman–Crippen LogP) is -2.69. The molecule has 0 saturated carbocycles. The zero-order valence-corrected chi connectivity index (χ0v) is 9.94. The predicted molar refractivity (Wildman–Crippen MR) is 55.2 cm³/mol. The molecule has 1 aliphatic rings. The van der Waals surface area contributed by atoms with Gasteiger partial charge in [0.25, 0.3) is 0 Å². The van der Waals surface area contributed by atoms with Crippen molar-refractivity contribution in [3.8, 4) is 0 Å². The number of aliphatic hydroxyl groups excluding tert-OH is 3. The van der Waals surface area contributed by atoms with Crippen molar-refractivity contribution >= 4 is 11.8 Å². The third kappa shape index (κ3) is 2.38. The largest absolute Gasteiger partial charge is 0.454 e. The van der Waals surface area contributed by atoms with Gasteiger partial charge in [-0.25, -0.2) is 0 Å². The van der Waals surface area contributed by atoms with Crippen LogP contribution in [0.1, 0.15) is 13.8 Å². The number of esters is 1. The minimum absolute atomic E-state index is 0.795. The molecule has 0 spiro atoms. The molecular formula is C10H16O8. The molecule has 0 radical (unpaired) electrons. The Morgan fingerprint density at radius 1 is 1.33 bits per heavy atom. The number of ether oxygens (including phenoxy) is 2. The van der Waals surface area contributed by atoms with Gasteiger partial charge in [-0.2, -0.15) is 0 Å². The van der Waals surface area contributed by atoms with Gasteiger partial charge in [0.1, 0.15) is 12.2 Å². The highest BCUT2D eigenvalue weighted by atomic mass is 16.7. The van der Waals surface area contributed by atoms with Crippen LogP contribution in [0.25, 0.3) is 0 Å². The van der Waals surface area contributed by atoms with Crippen LogP contribution in [0.2, 0.25) is 0 Å². The summed E-state index contributed by atoms with van der Waals surface area (Å²) in [5.41, 5.74) is -2.45. The molecule has 104 valence electrons. The maximum Gasteiger partial charge on any atom is 0.303 e. The third-order valence-corrected chi connectivity index (χ3v) is 2.87. The van der Waals surface area contributed by atoms with Gasteiger partial charge in [-0.15, -0.1) is 0 Å². The second-order valence-corrected chi connectivity index (χ2v) is 4.10. The second-order valence-electron chi connectivity index (χ2n) is 4.10. The van der Waals surface area contributed by atoms with E-state index in [4.69, 9.17) is 9.84 Å². The SMILES string of the molecule is CC(=O)O[C@H]1C(O)O[C@H](CO)[C@](O)(C(C)=O)[C@@H]1O. The summed E-state index contributed by atoms with van der Waals surface area (Å²) in [7, 11) is 0. The standard InChI is InChI=1S/C10H16O8/c1-4(12)10(16)6(3-11)18-9(15)7(8(10)14)17-5(2)13/h6-9,11,14-16H,3H2,1-2H3/t6-,7-,8-,9?,10-/m1/s1. The van der Waals surface area contributed by atoms with Crippen molar-refractivity contribution in [2.24, 2.45) is 0 Å². The average Bonchev–Trinajstić information content (AvgIpc) is 2.28. The normalized spacial score (nSPS) is 40.3. The minimum Gasteiger partial charge on any atom is -0.454 e. The van der Waals surface area contributed by atoms with Crippen LogP contribution in [0.15, 0.2) is 0 Å². The molecule has 1 fully saturated rings. The highest BCUT2D eigenvalue weighted by molar-refractivity contribution is 5.86. The number of aliphatic hydroxyl groups is 4. The van der Waals surface area contributed by atoms with Crippen molar-refractivity contribution in [3.63, 3.8) is 0 Å². The van der Waals surface area contributed by atoms with Crippen LogP contribution >= 0.6 is 0 Å². The topological polar surface area (TPSA) is 134 Å². The number of hydrogen-bond donors (Lipinski definition) is 4. The van der Waals surface area contributed by atoms with Crippen molar-refractivity contribution < 1.29 is 39.5 Å². The highest BCUT2D eigenvalue weighted by Gasteiger charge is 2.58. The third-order valence-electron chi connectivity index (χ3n) is 2.87. The van der Waals surface area contributed by atoms with E-state index in [0.29, 0.717) is 0 Å². The number of carbonyl (C=O) groups is 2. The molecule has 0 aromatic rings. The van der Waals surface area contributed by atoms with Gasteiger partial charge in [0.2, 0.25) is 0 Å².